The molecule has 2 aliphatic rings. The molecule has 0 bridgehead atoms. The molecule has 2 N–H and O–H groups in total. The number of anilines is 1. The number of carbonyl (C=O) groups excluding carboxylic acids is 2. The molecule has 0 radical (unpaired) electrons. The third-order valence-corrected chi connectivity index (χ3v) is 4.76. The summed E-state index contributed by atoms with van der Waals surface area (Å²) in [5.41, 5.74) is 6.21. The molecule has 2 aromatic heterocycles. The minimum atomic E-state index is -0.186. The molecule has 4 rings (SSSR count). The number of amides is 1. The van der Waals surface area contributed by atoms with Crippen molar-refractivity contribution < 1.29 is 9.59 Å². The van der Waals surface area contributed by atoms with Crippen LogP contribution in [-0.4, -0.2) is 39.4 Å². The standard InChI is InChI=1S/C13H17N5O.C6H6O/c1-9-15-11-3-2-4-12(18(11)16-9)17-7-5-10(6-8-17)13(14)19;1-2-6(7)5-3-4-5/h2-4,10H,5-8H2,1H3,(H2,14,19);1,5H,3-4H2. The van der Waals surface area contributed by atoms with Crippen LogP contribution in [0.4, 0.5) is 5.82 Å². The van der Waals surface area contributed by atoms with Crippen molar-refractivity contribution in [1.29, 1.82) is 0 Å². The van der Waals surface area contributed by atoms with Crippen molar-refractivity contribution in [1.82, 2.24) is 14.6 Å². The number of rotatable bonds is 3. The number of carbonyl (C=O) groups is 2. The highest BCUT2D eigenvalue weighted by Crippen LogP contribution is 2.29. The van der Waals surface area contributed by atoms with Crippen molar-refractivity contribution in [2.24, 2.45) is 17.6 Å². The van der Waals surface area contributed by atoms with Crippen molar-refractivity contribution in [3.63, 3.8) is 0 Å². The number of fused-ring (bicyclic) bond motifs is 1. The number of nitrogens with zero attached hydrogens (tertiary/aromatic N) is 4. The van der Waals surface area contributed by atoms with Gasteiger partial charge in [-0.3, -0.25) is 9.59 Å². The van der Waals surface area contributed by atoms with Crippen molar-refractivity contribution >= 4 is 23.2 Å². The maximum atomic E-state index is 11.2. The van der Waals surface area contributed by atoms with Crippen LogP contribution in [0.25, 0.3) is 5.65 Å². The molecular weight excluding hydrogens is 330 g/mol. The van der Waals surface area contributed by atoms with E-state index in [2.05, 4.69) is 20.9 Å². The van der Waals surface area contributed by atoms with Gasteiger partial charge in [0.2, 0.25) is 11.7 Å². The Morgan fingerprint density at radius 2 is 1.88 bits per heavy atom. The Hall–Kier alpha value is -2.88. The number of pyridine rings is 1. The van der Waals surface area contributed by atoms with Crippen molar-refractivity contribution in [2.75, 3.05) is 18.0 Å². The molecule has 7 nitrogen and oxygen atoms in total. The van der Waals surface area contributed by atoms with Gasteiger partial charge in [0.1, 0.15) is 11.6 Å². The molecule has 1 saturated carbocycles. The van der Waals surface area contributed by atoms with Crippen molar-refractivity contribution in [3.05, 3.63) is 24.0 Å². The van der Waals surface area contributed by atoms with E-state index in [1.165, 1.54) is 0 Å². The van der Waals surface area contributed by atoms with Gasteiger partial charge >= 0.3 is 0 Å². The summed E-state index contributed by atoms with van der Waals surface area (Å²) in [4.78, 5) is 28.1. The lowest BCUT2D eigenvalue weighted by Crippen LogP contribution is -2.39. The van der Waals surface area contributed by atoms with Crippen LogP contribution in [0.3, 0.4) is 0 Å². The number of ketones is 1. The molecule has 3 heterocycles. The van der Waals surface area contributed by atoms with E-state index in [1.807, 2.05) is 29.6 Å². The zero-order valence-electron chi connectivity index (χ0n) is 14.9. The number of primary amides is 1. The number of hydrogen-bond acceptors (Lipinski definition) is 5. The largest absolute Gasteiger partial charge is 0.369 e. The van der Waals surface area contributed by atoms with E-state index in [0.717, 1.165) is 56.1 Å². The smallest absolute Gasteiger partial charge is 0.220 e. The predicted molar refractivity (Wildman–Crippen MR) is 98.4 cm³/mol. The van der Waals surface area contributed by atoms with E-state index in [1.54, 1.807) is 0 Å². The molecule has 0 spiro atoms. The molecule has 0 aromatic carbocycles. The molecule has 26 heavy (non-hydrogen) atoms. The first-order valence-electron chi connectivity index (χ1n) is 8.86. The fraction of sp³-hybridized carbons (Fsp3) is 0.474. The minimum Gasteiger partial charge on any atom is -0.369 e. The highest BCUT2D eigenvalue weighted by atomic mass is 16.1. The molecule has 7 heteroatoms. The van der Waals surface area contributed by atoms with Gasteiger partial charge < -0.3 is 10.6 Å². The van der Waals surface area contributed by atoms with Gasteiger partial charge in [-0.25, -0.2) is 4.98 Å². The van der Waals surface area contributed by atoms with E-state index in [4.69, 9.17) is 12.2 Å². The highest BCUT2D eigenvalue weighted by Gasteiger charge is 2.27. The number of aryl methyl sites for hydroxylation is 1. The zero-order valence-corrected chi connectivity index (χ0v) is 14.9. The van der Waals surface area contributed by atoms with E-state index in [-0.39, 0.29) is 23.5 Å². The number of piperidine rings is 1. The quantitative estimate of drug-likeness (QED) is 0.664. The molecular formula is C19H23N5O2. The van der Waals surface area contributed by atoms with Gasteiger partial charge in [0.25, 0.3) is 0 Å². The second-order valence-electron chi connectivity index (χ2n) is 6.76. The van der Waals surface area contributed by atoms with Crippen LogP contribution in [0, 0.1) is 31.1 Å². The van der Waals surface area contributed by atoms with Crippen LogP contribution in [0.15, 0.2) is 18.2 Å². The average molecular weight is 353 g/mol. The van der Waals surface area contributed by atoms with E-state index >= 15 is 0 Å². The first-order valence-corrected chi connectivity index (χ1v) is 8.86. The molecule has 1 aliphatic carbocycles. The lowest BCUT2D eigenvalue weighted by molar-refractivity contribution is -0.122. The number of Topliss-reactive ketones (excluding diaryl/α,β-unsaturated/α-hetero) is 1. The number of terminal acetylenes is 1. The summed E-state index contributed by atoms with van der Waals surface area (Å²) < 4.78 is 1.86. The lowest BCUT2D eigenvalue weighted by Gasteiger charge is -2.32. The van der Waals surface area contributed by atoms with E-state index in [0.29, 0.717) is 0 Å². The Kier molecular flexibility index (Phi) is 5.21. The SMILES string of the molecule is C#CC(=O)C1CC1.Cc1nc2cccc(N3CCC(C(N)=O)CC3)n2n1. The number of aromatic nitrogens is 3. The molecule has 2 aromatic rings. The molecule has 2 fully saturated rings. The topological polar surface area (TPSA) is 93.6 Å². The van der Waals surface area contributed by atoms with Crippen LogP contribution < -0.4 is 10.6 Å². The van der Waals surface area contributed by atoms with Crippen LogP contribution in [0.5, 0.6) is 0 Å². The summed E-state index contributed by atoms with van der Waals surface area (Å²) >= 11 is 0. The summed E-state index contributed by atoms with van der Waals surface area (Å²) in [6.07, 6.45) is 8.46. The third kappa shape index (κ3) is 4.02. The van der Waals surface area contributed by atoms with Crippen LogP contribution in [0.1, 0.15) is 31.5 Å². The zero-order chi connectivity index (χ0) is 18.7. The van der Waals surface area contributed by atoms with Crippen LogP contribution >= 0.6 is 0 Å². The number of hydrogen-bond donors (Lipinski definition) is 1. The maximum Gasteiger partial charge on any atom is 0.220 e. The van der Waals surface area contributed by atoms with Gasteiger partial charge in [-0.2, -0.15) is 4.52 Å². The van der Waals surface area contributed by atoms with Gasteiger partial charge in [0, 0.05) is 24.9 Å². The van der Waals surface area contributed by atoms with Gasteiger partial charge in [-0.15, -0.1) is 11.5 Å². The summed E-state index contributed by atoms with van der Waals surface area (Å²) in [6.45, 7) is 3.54. The summed E-state index contributed by atoms with van der Waals surface area (Å²) in [7, 11) is 0. The second kappa shape index (κ2) is 7.56. The number of nitrogens with two attached hydrogens (primary N) is 1. The van der Waals surface area contributed by atoms with Gasteiger partial charge in [0.05, 0.1) is 0 Å². The maximum absolute atomic E-state index is 11.2. The molecule has 0 unspecified atom stereocenters. The highest BCUT2D eigenvalue weighted by molar-refractivity contribution is 5.98. The first-order chi connectivity index (χ1) is 12.5. The normalized spacial score (nSPS) is 17.3. The summed E-state index contributed by atoms with van der Waals surface area (Å²) in [5.74, 6) is 3.93. The van der Waals surface area contributed by atoms with E-state index in [9.17, 15) is 9.59 Å². The summed E-state index contributed by atoms with van der Waals surface area (Å²) in [6, 6.07) is 5.96. The fourth-order valence-electron chi connectivity index (χ4n) is 3.09. The monoisotopic (exact) mass is 353 g/mol. The lowest BCUT2D eigenvalue weighted by atomic mass is 9.96. The second-order valence-corrected chi connectivity index (χ2v) is 6.76. The Balaban J connectivity index is 0.000000236. The third-order valence-electron chi connectivity index (χ3n) is 4.76. The minimum absolute atomic E-state index is 0.00735. The first kappa shape index (κ1) is 17.9. The summed E-state index contributed by atoms with van der Waals surface area (Å²) in [5, 5.41) is 4.41. The molecule has 1 saturated heterocycles. The van der Waals surface area contributed by atoms with Gasteiger partial charge in [0.15, 0.2) is 5.65 Å². The predicted octanol–water partition coefficient (Wildman–Crippen LogP) is 1.34. The molecule has 1 aliphatic heterocycles. The molecule has 0 atom stereocenters. The van der Waals surface area contributed by atoms with Crippen molar-refractivity contribution in [3.8, 4) is 12.3 Å². The fourth-order valence-corrected chi connectivity index (χ4v) is 3.09. The van der Waals surface area contributed by atoms with Gasteiger partial charge in [-0.05, 0) is 50.7 Å². The van der Waals surface area contributed by atoms with Crippen LogP contribution in [-0.2, 0) is 9.59 Å². The van der Waals surface area contributed by atoms with Crippen molar-refractivity contribution in [2.45, 2.75) is 32.6 Å². The van der Waals surface area contributed by atoms with E-state index < -0.39 is 0 Å². The molecule has 136 valence electrons. The average Bonchev–Trinajstić information content (AvgIpc) is 3.42. The Bertz CT molecular complexity index is 854. The Morgan fingerprint density at radius 1 is 1.19 bits per heavy atom. The van der Waals surface area contributed by atoms with Crippen LogP contribution in [0.2, 0.25) is 0 Å². The molecule has 1 amide bonds. The Labute approximate surface area is 152 Å². The van der Waals surface area contributed by atoms with Gasteiger partial charge in [-0.1, -0.05) is 6.07 Å². The Morgan fingerprint density at radius 3 is 2.42 bits per heavy atom.